The van der Waals surface area contributed by atoms with E-state index in [2.05, 4.69) is 19.7 Å². The van der Waals surface area contributed by atoms with E-state index in [0.717, 1.165) is 0 Å². The van der Waals surface area contributed by atoms with E-state index in [4.69, 9.17) is 5.73 Å². The molecule has 1 aromatic rings. The summed E-state index contributed by atoms with van der Waals surface area (Å²) in [6.45, 7) is 2.10. The fourth-order valence-electron chi connectivity index (χ4n) is 0.457. The highest BCUT2D eigenvalue weighted by Crippen LogP contribution is 1.89. The minimum atomic E-state index is 0.388. The Morgan fingerprint density at radius 2 is 2.70 bits per heavy atom. The van der Waals surface area contributed by atoms with Crippen molar-refractivity contribution >= 4 is 5.84 Å². The minimum absolute atomic E-state index is 0.388. The largest absolute Gasteiger partial charge is 0.388 e. The number of nitrogens with zero attached hydrogens (tertiary/aromatic N) is 3. The molecule has 0 amide bonds. The molecule has 2 N–H and O–H groups in total. The maximum absolute atomic E-state index is 5.27. The molecule has 1 heterocycles. The van der Waals surface area contributed by atoms with Crippen LogP contribution >= 0.6 is 0 Å². The van der Waals surface area contributed by atoms with Crippen molar-refractivity contribution in [3.63, 3.8) is 0 Å². The van der Waals surface area contributed by atoms with Crippen LogP contribution < -0.4 is 5.73 Å². The van der Waals surface area contributed by atoms with Gasteiger partial charge in [0.15, 0.2) is 5.82 Å². The molecule has 10 heavy (non-hydrogen) atoms. The normalized spacial score (nSPS) is 11.9. The van der Waals surface area contributed by atoms with E-state index in [-0.39, 0.29) is 0 Å². The molecule has 0 unspecified atom stereocenters. The Morgan fingerprint density at radius 3 is 3.20 bits per heavy atom. The zero-order chi connectivity index (χ0) is 7.40. The van der Waals surface area contributed by atoms with Crippen molar-refractivity contribution in [2.45, 2.75) is 13.5 Å². The van der Waals surface area contributed by atoms with Crippen LogP contribution in [0, 0.1) is 0 Å². The molecule has 0 spiro atoms. The number of amidine groups is 1. The van der Waals surface area contributed by atoms with Gasteiger partial charge in [-0.2, -0.15) is 4.98 Å². The van der Waals surface area contributed by atoms with Gasteiger partial charge < -0.3 is 10.3 Å². The van der Waals surface area contributed by atoms with Crippen LogP contribution in [-0.2, 0) is 6.54 Å². The first-order chi connectivity index (χ1) is 4.79. The molecule has 1 aromatic heterocycles. The molecule has 0 saturated heterocycles. The lowest BCUT2D eigenvalue weighted by Gasteiger charge is -1.86. The van der Waals surface area contributed by atoms with Gasteiger partial charge in [-0.25, -0.2) is 0 Å². The first-order valence-corrected chi connectivity index (χ1v) is 2.81. The molecule has 0 bridgehead atoms. The summed E-state index contributed by atoms with van der Waals surface area (Å²) in [7, 11) is 0. The van der Waals surface area contributed by atoms with E-state index in [0.29, 0.717) is 18.2 Å². The Bertz CT molecular complexity index is 212. The Labute approximate surface area is 57.9 Å². The van der Waals surface area contributed by atoms with E-state index in [1.165, 1.54) is 6.39 Å². The van der Waals surface area contributed by atoms with E-state index >= 15 is 0 Å². The van der Waals surface area contributed by atoms with E-state index in [9.17, 15) is 0 Å². The predicted octanol–water partition coefficient (Wildman–Crippen LogP) is -0.0533. The highest BCUT2D eigenvalue weighted by molar-refractivity contribution is 5.77. The average molecular weight is 140 g/mol. The summed E-state index contributed by atoms with van der Waals surface area (Å²) in [5.74, 6) is 1.06. The quantitative estimate of drug-likeness (QED) is 0.461. The molecule has 0 aliphatic rings. The van der Waals surface area contributed by atoms with Crippen LogP contribution in [0.3, 0.4) is 0 Å². The van der Waals surface area contributed by atoms with E-state index < -0.39 is 0 Å². The fourth-order valence-corrected chi connectivity index (χ4v) is 0.457. The average Bonchev–Trinajstić information content (AvgIpc) is 2.34. The van der Waals surface area contributed by atoms with E-state index in [1.807, 2.05) is 0 Å². The molecule has 54 valence electrons. The van der Waals surface area contributed by atoms with Crippen molar-refractivity contribution < 1.29 is 4.52 Å². The lowest BCUT2D eigenvalue weighted by molar-refractivity contribution is 0.410. The number of hydrogen-bond acceptors (Lipinski definition) is 4. The first-order valence-electron chi connectivity index (χ1n) is 2.81. The maximum atomic E-state index is 5.27. The van der Waals surface area contributed by atoms with Gasteiger partial charge in [-0.15, -0.1) is 0 Å². The van der Waals surface area contributed by atoms with Crippen molar-refractivity contribution in [3.8, 4) is 0 Å². The zero-order valence-electron chi connectivity index (χ0n) is 5.61. The van der Waals surface area contributed by atoms with Crippen molar-refractivity contribution in [2.24, 2.45) is 10.7 Å². The summed E-state index contributed by atoms with van der Waals surface area (Å²) in [6, 6.07) is 0. The maximum Gasteiger partial charge on any atom is 0.213 e. The molecule has 0 atom stereocenters. The third-order valence-corrected chi connectivity index (χ3v) is 0.877. The third kappa shape index (κ3) is 1.85. The summed E-state index contributed by atoms with van der Waals surface area (Å²) in [5.41, 5.74) is 5.27. The van der Waals surface area contributed by atoms with Crippen LogP contribution in [0.25, 0.3) is 0 Å². The smallest absolute Gasteiger partial charge is 0.213 e. The molecule has 0 aliphatic heterocycles. The van der Waals surface area contributed by atoms with Crippen LogP contribution in [-0.4, -0.2) is 16.0 Å². The summed E-state index contributed by atoms with van der Waals surface area (Å²) in [4.78, 5) is 7.62. The molecule has 0 aromatic carbocycles. The second kappa shape index (κ2) is 2.95. The monoisotopic (exact) mass is 140 g/mol. The fraction of sp³-hybridized carbons (Fsp3) is 0.400. The molecule has 5 nitrogen and oxygen atoms in total. The number of aromatic nitrogens is 2. The van der Waals surface area contributed by atoms with Crippen molar-refractivity contribution in [1.82, 2.24) is 10.1 Å². The van der Waals surface area contributed by atoms with Gasteiger partial charge in [-0.3, -0.25) is 4.99 Å². The summed E-state index contributed by atoms with van der Waals surface area (Å²) in [6.07, 6.45) is 1.26. The van der Waals surface area contributed by atoms with Crippen LogP contribution in [0.15, 0.2) is 15.9 Å². The molecule has 0 aliphatic carbocycles. The van der Waals surface area contributed by atoms with Crippen LogP contribution in [0.1, 0.15) is 12.7 Å². The van der Waals surface area contributed by atoms with Crippen LogP contribution in [0.5, 0.6) is 0 Å². The van der Waals surface area contributed by atoms with Crippen molar-refractivity contribution in [3.05, 3.63) is 12.2 Å². The number of rotatable bonds is 2. The van der Waals surface area contributed by atoms with Crippen molar-refractivity contribution in [1.29, 1.82) is 0 Å². The van der Waals surface area contributed by atoms with Crippen LogP contribution in [0.2, 0.25) is 0 Å². The Kier molecular flexibility index (Phi) is 1.99. The third-order valence-electron chi connectivity index (χ3n) is 0.877. The Balaban J connectivity index is 2.49. The molecule has 0 fully saturated rings. The molecule has 1 rings (SSSR count). The second-order valence-corrected chi connectivity index (χ2v) is 1.81. The minimum Gasteiger partial charge on any atom is -0.388 e. The van der Waals surface area contributed by atoms with E-state index in [1.54, 1.807) is 6.92 Å². The summed E-state index contributed by atoms with van der Waals surface area (Å²) >= 11 is 0. The molecule has 0 saturated carbocycles. The summed E-state index contributed by atoms with van der Waals surface area (Å²) in [5, 5.41) is 3.54. The summed E-state index contributed by atoms with van der Waals surface area (Å²) < 4.78 is 4.48. The number of hydrogen-bond donors (Lipinski definition) is 1. The topological polar surface area (TPSA) is 77.3 Å². The molecule has 0 radical (unpaired) electrons. The van der Waals surface area contributed by atoms with Gasteiger partial charge in [0.25, 0.3) is 0 Å². The standard InChI is InChI=1S/C5H8N4O/c1-4(6)7-2-5-8-3-10-9-5/h3H,2H2,1H3,(H2,6,7). The molecular formula is C5H8N4O. The predicted molar refractivity (Wildman–Crippen MR) is 35.3 cm³/mol. The lowest BCUT2D eigenvalue weighted by Crippen LogP contribution is -2.05. The van der Waals surface area contributed by atoms with Crippen LogP contribution in [0.4, 0.5) is 0 Å². The van der Waals surface area contributed by atoms with Gasteiger partial charge in [0.2, 0.25) is 6.39 Å². The number of aliphatic imine (C=N–C) groups is 1. The molecule has 5 heteroatoms. The van der Waals surface area contributed by atoms with Crippen molar-refractivity contribution in [2.75, 3.05) is 0 Å². The van der Waals surface area contributed by atoms with Gasteiger partial charge in [0, 0.05) is 0 Å². The molecular weight excluding hydrogens is 132 g/mol. The van der Waals surface area contributed by atoms with Gasteiger partial charge >= 0.3 is 0 Å². The zero-order valence-corrected chi connectivity index (χ0v) is 5.61. The van der Waals surface area contributed by atoms with Gasteiger partial charge in [-0.05, 0) is 6.92 Å². The highest BCUT2D eigenvalue weighted by Gasteiger charge is 1.93. The van der Waals surface area contributed by atoms with Gasteiger partial charge in [-0.1, -0.05) is 5.16 Å². The highest BCUT2D eigenvalue weighted by atomic mass is 16.5. The SMILES string of the molecule is CC(N)=NCc1ncon1. The first kappa shape index (κ1) is 6.73. The Hall–Kier alpha value is -1.39. The second-order valence-electron chi connectivity index (χ2n) is 1.81. The van der Waals surface area contributed by atoms with Gasteiger partial charge in [0.05, 0.1) is 5.84 Å². The lowest BCUT2D eigenvalue weighted by atomic mass is 10.6. The van der Waals surface area contributed by atoms with Gasteiger partial charge in [0.1, 0.15) is 6.54 Å². The Morgan fingerprint density at radius 1 is 1.90 bits per heavy atom. The number of nitrogens with two attached hydrogens (primary N) is 1.